The molecule has 1 aliphatic heterocycles. The van der Waals surface area contributed by atoms with Crippen LogP contribution in [0.1, 0.15) is 42.1 Å². The van der Waals surface area contributed by atoms with Crippen molar-refractivity contribution in [2.45, 2.75) is 44.2 Å². The summed E-state index contributed by atoms with van der Waals surface area (Å²) in [5, 5.41) is 15.6. The van der Waals surface area contributed by atoms with E-state index in [4.69, 9.17) is 4.74 Å². The van der Waals surface area contributed by atoms with Crippen molar-refractivity contribution in [3.05, 3.63) is 120 Å². The molecule has 4 atom stereocenters. The molecule has 3 aromatic carbocycles. The predicted octanol–water partition coefficient (Wildman–Crippen LogP) is 4.32. The molecule has 0 aromatic heterocycles. The number of esters is 1. The van der Waals surface area contributed by atoms with Crippen molar-refractivity contribution in [1.29, 1.82) is 0 Å². The van der Waals surface area contributed by atoms with Gasteiger partial charge in [-0.3, -0.25) is 14.4 Å². The zero-order chi connectivity index (χ0) is 28.9. The van der Waals surface area contributed by atoms with E-state index in [0.717, 1.165) is 16.7 Å². The van der Waals surface area contributed by atoms with Gasteiger partial charge in [0, 0.05) is 6.42 Å². The van der Waals surface area contributed by atoms with E-state index in [1.807, 2.05) is 103 Å². The second-order valence-electron chi connectivity index (χ2n) is 10.4. The molecule has 3 aromatic rings. The van der Waals surface area contributed by atoms with E-state index in [1.54, 1.807) is 0 Å². The molecule has 7 nitrogen and oxygen atoms in total. The van der Waals surface area contributed by atoms with E-state index in [2.05, 4.69) is 10.6 Å². The van der Waals surface area contributed by atoms with E-state index < -0.39 is 18.1 Å². The van der Waals surface area contributed by atoms with Crippen molar-refractivity contribution in [1.82, 2.24) is 10.6 Å². The van der Waals surface area contributed by atoms with Crippen LogP contribution in [0.3, 0.4) is 0 Å². The maximum Gasteiger partial charge on any atom is 0.310 e. The number of benzene rings is 3. The van der Waals surface area contributed by atoms with Crippen molar-refractivity contribution in [3.63, 3.8) is 0 Å². The summed E-state index contributed by atoms with van der Waals surface area (Å²) in [6.07, 6.45) is 4.92. The summed E-state index contributed by atoms with van der Waals surface area (Å²) in [5.74, 6) is -1.89. The monoisotopic (exact) mass is 554 g/mol. The van der Waals surface area contributed by atoms with Crippen LogP contribution in [-0.4, -0.2) is 42.1 Å². The predicted molar refractivity (Wildman–Crippen MR) is 158 cm³/mol. The van der Waals surface area contributed by atoms with Crippen LogP contribution in [0, 0.1) is 11.8 Å². The van der Waals surface area contributed by atoms with Gasteiger partial charge in [-0.1, -0.05) is 103 Å². The molecule has 1 heterocycles. The first kappa shape index (κ1) is 29.7. The first-order valence-electron chi connectivity index (χ1n) is 14.2. The number of aliphatic hydroxyl groups excluding tert-OH is 1. The Morgan fingerprint density at radius 1 is 0.854 bits per heavy atom. The molecule has 1 aliphatic rings. The standard InChI is InChI=1S/C34H38N2O5/c37-24-30(21-26-14-6-2-7-15-26)36-32(38)22-28-18-10-11-19-29(20-25-12-4-1-5-13-25)34(40)41-31(23-35-33(28)39)27-16-8-3-9-17-27/h1-17,28-31,37H,18-24H2,(H,35,39)(H,36,38)/t28-,29-,30+,31+/m1/s1. The smallest absolute Gasteiger partial charge is 0.310 e. The molecule has 0 bridgehead atoms. The van der Waals surface area contributed by atoms with E-state index in [1.165, 1.54) is 0 Å². The molecular weight excluding hydrogens is 516 g/mol. The molecule has 0 radical (unpaired) electrons. The number of allylic oxidation sites excluding steroid dienone is 2. The highest BCUT2D eigenvalue weighted by Crippen LogP contribution is 2.24. The van der Waals surface area contributed by atoms with Crippen molar-refractivity contribution >= 4 is 17.8 Å². The molecule has 0 unspecified atom stereocenters. The van der Waals surface area contributed by atoms with Gasteiger partial charge < -0.3 is 20.5 Å². The van der Waals surface area contributed by atoms with Gasteiger partial charge in [-0.15, -0.1) is 0 Å². The third-order valence-corrected chi connectivity index (χ3v) is 7.27. The Morgan fingerprint density at radius 3 is 2.07 bits per heavy atom. The number of nitrogens with one attached hydrogen (secondary N) is 2. The number of rotatable bonds is 9. The Morgan fingerprint density at radius 2 is 1.44 bits per heavy atom. The number of carbonyl (C=O) groups excluding carboxylic acids is 3. The molecule has 7 heteroatoms. The summed E-state index contributed by atoms with van der Waals surface area (Å²) in [6, 6.07) is 28.4. The number of hydrogen-bond acceptors (Lipinski definition) is 5. The fraction of sp³-hybridized carbons (Fsp3) is 0.324. The number of cyclic esters (lactones) is 1. The second kappa shape index (κ2) is 15.5. The third kappa shape index (κ3) is 9.43. The van der Waals surface area contributed by atoms with Gasteiger partial charge in [0.1, 0.15) is 6.10 Å². The normalized spacial score (nSPS) is 20.6. The summed E-state index contributed by atoms with van der Waals surface area (Å²) < 4.78 is 5.99. The van der Waals surface area contributed by atoms with Gasteiger partial charge in [0.15, 0.2) is 0 Å². The van der Waals surface area contributed by atoms with Gasteiger partial charge >= 0.3 is 5.97 Å². The fourth-order valence-electron chi connectivity index (χ4n) is 5.01. The molecule has 0 saturated carbocycles. The number of aliphatic hydroxyl groups is 1. The SMILES string of the molecule is O=C(C[C@H]1CC=CC[C@H](Cc2ccccc2)C(=O)O[C@H](c2ccccc2)CNC1=O)N[C@H](CO)Cc1ccccc1. The lowest BCUT2D eigenvalue weighted by Gasteiger charge is -2.24. The van der Waals surface area contributed by atoms with Crippen molar-refractivity contribution in [2.24, 2.45) is 11.8 Å². The topological polar surface area (TPSA) is 105 Å². The lowest BCUT2D eigenvalue weighted by atomic mass is 9.94. The van der Waals surface area contributed by atoms with Crippen LogP contribution in [0.25, 0.3) is 0 Å². The number of ether oxygens (including phenoxy) is 1. The van der Waals surface area contributed by atoms with Crippen LogP contribution in [0.15, 0.2) is 103 Å². The Labute approximate surface area is 241 Å². The summed E-state index contributed by atoms with van der Waals surface area (Å²) >= 11 is 0. The van der Waals surface area contributed by atoms with Crippen LogP contribution in [0.2, 0.25) is 0 Å². The van der Waals surface area contributed by atoms with Gasteiger partial charge in [0.05, 0.1) is 31.0 Å². The van der Waals surface area contributed by atoms with E-state index >= 15 is 0 Å². The minimum Gasteiger partial charge on any atom is -0.455 e. The average Bonchev–Trinajstić information content (AvgIpc) is 3.00. The zero-order valence-electron chi connectivity index (χ0n) is 23.2. The quantitative estimate of drug-likeness (QED) is 0.270. The highest BCUT2D eigenvalue weighted by atomic mass is 16.5. The zero-order valence-corrected chi connectivity index (χ0v) is 23.2. The Bertz CT molecular complexity index is 1280. The van der Waals surface area contributed by atoms with Crippen molar-refractivity contribution < 1.29 is 24.2 Å². The molecule has 0 saturated heterocycles. The second-order valence-corrected chi connectivity index (χ2v) is 10.4. The average molecular weight is 555 g/mol. The number of hydrogen-bond donors (Lipinski definition) is 3. The van der Waals surface area contributed by atoms with Crippen molar-refractivity contribution in [2.75, 3.05) is 13.2 Å². The molecule has 4 rings (SSSR count). The molecule has 3 N–H and O–H groups in total. The highest BCUT2D eigenvalue weighted by Gasteiger charge is 2.28. The fourth-order valence-corrected chi connectivity index (χ4v) is 5.01. The van der Waals surface area contributed by atoms with Crippen molar-refractivity contribution in [3.8, 4) is 0 Å². The summed E-state index contributed by atoms with van der Waals surface area (Å²) in [7, 11) is 0. The van der Waals surface area contributed by atoms with E-state index in [-0.39, 0.29) is 43.3 Å². The largest absolute Gasteiger partial charge is 0.455 e. The molecule has 41 heavy (non-hydrogen) atoms. The van der Waals surface area contributed by atoms with Gasteiger partial charge in [-0.2, -0.15) is 0 Å². The summed E-state index contributed by atoms with van der Waals surface area (Å²) in [4.78, 5) is 39.6. The lowest BCUT2D eigenvalue weighted by molar-refractivity contribution is -0.154. The molecule has 0 spiro atoms. The summed E-state index contributed by atoms with van der Waals surface area (Å²) in [6.45, 7) is -0.105. The minimum atomic E-state index is -0.659. The van der Waals surface area contributed by atoms with Crippen LogP contribution in [0.4, 0.5) is 0 Å². The Hall–Kier alpha value is -4.23. The molecule has 2 amide bonds. The molecule has 214 valence electrons. The van der Waals surface area contributed by atoms with E-state index in [0.29, 0.717) is 25.7 Å². The van der Waals surface area contributed by atoms with Gasteiger partial charge in [0.25, 0.3) is 0 Å². The van der Waals surface area contributed by atoms with E-state index in [9.17, 15) is 19.5 Å². The third-order valence-electron chi connectivity index (χ3n) is 7.27. The number of carbonyl (C=O) groups is 3. The highest BCUT2D eigenvalue weighted by molar-refractivity contribution is 5.86. The maximum absolute atomic E-state index is 13.3. The van der Waals surface area contributed by atoms with Gasteiger partial charge in [0.2, 0.25) is 11.8 Å². The Balaban J connectivity index is 1.48. The Kier molecular flexibility index (Phi) is 11.3. The minimum absolute atomic E-state index is 0.0231. The van der Waals surface area contributed by atoms with Crippen LogP contribution in [0.5, 0.6) is 0 Å². The molecular formula is C34H38N2O5. The van der Waals surface area contributed by atoms with Crippen LogP contribution < -0.4 is 10.6 Å². The first-order chi connectivity index (χ1) is 20.0. The maximum atomic E-state index is 13.3. The molecule has 0 fully saturated rings. The van der Waals surface area contributed by atoms with Gasteiger partial charge in [-0.25, -0.2) is 0 Å². The van der Waals surface area contributed by atoms with Gasteiger partial charge in [-0.05, 0) is 42.4 Å². The number of amides is 2. The summed E-state index contributed by atoms with van der Waals surface area (Å²) in [5.41, 5.74) is 2.83. The lowest BCUT2D eigenvalue weighted by Crippen LogP contribution is -2.42. The van der Waals surface area contributed by atoms with Crippen LogP contribution >= 0.6 is 0 Å². The molecule has 0 aliphatic carbocycles. The van der Waals surface area contributed by atoms with Crippen LogP contribution in [-0.2, 0) is 32.0 Å². The first-order valence-corrected chi connectivity index (χ1v) is 14.2.